The number of aliphatic carboxylic acids is 1. The minimum Gasteiger partial charge on any atom is -0.481 e. The molecule has 0 bridgehead atoms. The molecule has 0 saturated carbocycles. The smallest absolute Gasteiger partial charge is 0.307 e. The van der Waals surface area contributed by atoms with Crippen LogP contribution >= 0.6 is 0 Å². The van der Waals surface area contributed by atoms with Gasteiger partial charge in [0.2, 0.25) is 0 Å². The van der Waals surface area contributed by atoms with Crippen LogP contribution in [0, 0.1) is 5.41 Å². The molecule has 0 aliphatic rings. The Hall–Kier alpha value is -4.46. The van der Waals surface area contributed by atoms with Gasteiger partial charge in [-0.2, -0.15) is 0 Å². The second-order valence-corrected chi connectivity index (χ2v) is 8.13. The number of anilines is 2. The Balaban J connectivity index is 1.89. The van der Waals surface area contributed by atoms with E-state index in [-0.39, 0.29) is 23.5 Å². The molecule has 174 valence electrons. The van der Waals surface area contributed by atoms with Crippen LogP contribution in [0.25, 0.3) is 0 Å². The van der Waals surface area contributed by atoms with Gasteiger partial charge in [-0.15, -0.1) is 0 Å². The molecule has 3 aromatic carbocycles. The lowest BCUT2D eigenvalue weighted by Crippen LogP contribution is -2.18. The van der Waals surface area contributed by atoms with Crippen molar-refractivity contribution in [2.45, 2.75) is 26.2 Å². The van der Waals surface area contributed by atoms with Crippen molar-refractivity contribution in [3.63, 3.8) is 0 Å². The Morgan fingerprint density at radius 1 is 0.853 bits per heavy atom. The van der Waals surface area contributed by atoms with Gasteiger partial charge in [0.1, 0.15) is 5.84 Å². The first-order valence-corrected chi connectivity index (χ1v) is 10.7. The van der Waals surface area contributed by atoms with Gasteiger partial charge in [0.25, 0.3) is 11.8 Å². The molecule has 2 amide bonds. The predicted molar refractivity (Wildman–Crippen MR) is 132 cm³/mol. The summed E-state index contributed by atoms with van der Waals surface area (Å²) in [6.07, 6.45) is -0.235. The molecule has 0 aliphatic carbocycles. The molecule has 0 atom stereocenters. The summed E-state index contributed by atoms with van der Waals surface area (Å²) in [5, 5.41) is 22.2. The van der Waals surface area contributed by atoms with Gasteiger partial charge in [-0.05, 0) is 53.4 Å². The van der Waals surface area contributed by atoms with Crippen LogP contribution in [0.3, 0.4) is 0 Å². The molecule has 0 fully saturated rings. The molecule has 0 heterocycles. The third-order valence-corrected chi connectivity index (χ3v) is 5.21. The lowest BCUT2D eigenvalue weighted by atomic mass is 10.0. The average Bonchev–Trinajstić information content (AvgIpc) is 2.80. The first-order valence-electron chi connectivity index (χ1n) is 10.7. The van der Waals surface area contributed by atoms with Crippen molar-refractivity contribution in [3.05, 3.63) is 94.5 Å². The Bertz CT molecular complexity index is 1250. The highest BCUT2D eigenvalue weighted by molar-refractivity contribution is 6.10. The van der Waals surface area contributed by atoms with Crippen molar-refractivity contribution in [2.24, 2.45) is 5.73 Å². The van der Waals surface area contributed by atoms with Crippen molar-refractivity contribution in [1.82, 2.24) is 0 Å². The molecule has 0 spiro atoms. The van der Waals surface area contributed by atoms with Crippen LogP contribution in [0.1, 0.15) is 57.2 Å². The minimum atomic E-state index is -1.01. The van der Waals surface area contributed by atoms with Crippen LogP contribution in [0.15, 0.2) is 66.7 Å². The number of carboxylic acids is 1. The van der Waals surface area contributed by atoms with Gasteiger partial charge in [-0.25, -0.2) is 0 Å². The standard InChI is InChI=1S/C26H26N4O4/c1-15(2)17-7-9-18(10-8-17)25(33)30-22-12-16(13-23(31)32)6-11-21(22)29-26(34)20-5-3-4-19(14-20)24(27)28/h3-12,14-15H,13H2,1-2H3,(H3,27,28)(H,29,34)(H,30,33)(H,31,32). The van der Waals surface area contributed by atoms with Crippen molar-refractivity contribution < 1.29 is 19.5 Å². The summed E-state index contributed by atoms with van der Waals surface area (Å²) in [5.41, 5.74) is 8.77. The van der Waals surface area contributed by atoms with Gasteiger partial charge in [0.15, 0.2) is 0 Å². The van der Waals surface area contributed by atoms with Crippen molar-refractivity contribution in [2.75, 3.05) is 10.6 Å². The summed E-state index contributed by atoms with van der Waals surface area (Å²) < 4.78 is 0. The molecule has 3 rings (SSSR count). The Kier molecular flexibility index (Phi) is 7.43. The number of nitrogens with one attached hydrogen (secondary N) is 3. The number of nitrogen functional groups attached to an aromatic ring is 1. The van der Waals surface area contributed by atoms with Crippen molar-refractivity contribution in [1.29, 1.82) is 5.41 Å². The zero-order chi connectivity index (χ0) is 24.8. The first kappa shape index (κ1) is 24.2. The highest BCUT2D eigenvalue weighted by atomic mass is 16.4. The molecular weight excluding hydrogens is 432 g/mol. The topological polar surface area (TPSA) is 145 Å². The molecule has 8 nitrogen and oxygen atoms in total. The average molecular weight is 459 g/mol. The lowest BCUT2D eigenvalue weighted by Gasteiger charge is -2.15. The fraction of sp³-hybridized carbons (Fsp3) is 0.154. The Labute approximate surface area is 197 Å². The number of hydrogen-bond donors (Lipinski definition) is 5. The zero-order valence-electron chi connectivity index (χ0n) is 18.9. The number of hydrogen-bond acceptors (Lipinski definition) is 4. The van der Waals surface area contributed by atoms with Gasteiger partial charge in [-0.3, -0.25) is 19.8 Å². The van der Waals surface area contributed by atoms with Crippen molar-refractivity contribution >= 4 is 35.0 Å². The number of benzene rings is 3. The molecule has 34 heavy (non-hydrogen) atoms. The fourth-order valence-electron chi connectivity index (χ4n) is 3.32. The normalized spacial score (nSPS) is 10.6. The van der Waals surface area contributed by atoms with E-state index in [1.54, 1.807) is 42.5 Å². The minimum absolute atomic E-state index is 0.163. The Morgan fingerprint density at radius 3 is 2.09 bits per heavy atom. The number of carbonyl (C=O) groups is 3. The van der Waals surface area contributed by atoms with Crippen LogP contribution in [0.4, 0.5) is 11.4 Å². The summed E-state index contributed by atoms with van der Waals surface area (Å²) >= 11 is 0. The van der Waals surface area contributed by atoms with E-state index in [4.69, 9.17) is 16.2 Å². The van der Waals surface area contributed by atoms with Gasteiger partial charge in [0.05, 0.1) is 17.8 Å². The van der Waals surface area contributed by atoms with Crippen LogP contribution in [0.2, 0.25) is 0 Å². The molecule has 3 aromatic rings. The second kappa shape index (κ2) is 10.4. The van der Waals surface area contributed by atoms with E-state index < -0.39 is 17.8 Å². The molecule has 0 aromatic heterocycles. The van der Waals surface area contributed by atoms with Gasteiger partial charge in [-0.1, -0.05) is 44.2 Å². The van der Waals surface area contributed by atoms with Crippen LogP contribution in [0.5, 0.6) is 0 Å². The highest BCUT2D eigenvalue weighted by Crippen LogP contribution is 2.26. The number of carbonyl (C=O) groups excluding carboxylic acids is 2. The zero-order valence-corrected chi connectivity index (χ0v) is 18.9. The monoisotopic (exact) mass is 458 g/mol. The second-order valence-electron chi connectivity index (χ2n) is 8.13. The maximum atomic E-state index is 12.9. The van der Waals surface area contributed by atoms with Gasteiger partial charge < -0.3 is 21.5 Å². The molecular formula is C26H26N4O4. The molecule has 0 unspecified atom stereocenters. The summed E-state index contributed by atoms with van der Waals surface area (Å²) in [5.74, 6) is -1.71. The van der Waals surface area contributed by atoms with E-state index in [0.717, 1.165) is 5.56 Å². The summed E-state index contributed by atoms with van der Waals surface area (Å²) in [4.78, 5) is 36.9. The van der Waals surface area contributed by atoms with E-state index in [0.29, 0.717) is 28.3 Å². The fourth-order valence-corrected chi connectivity index (χ4v) is 3.32. The third-order valence-electron chi connectivity index (χ3n) is 5.21. The molecule has 0 saturated heterocycles. The lowest BCUT2D eigenvalue weighted by molar-refractivity contribution is -0.136. The van der Waals surface area contributed by atoms with Crippen LogP contribution in [-0.2, 0) is 11.2 Å². The van der Waals surface area contributed by atoms with Gasteiger partial charge >= 0.3 is 5.97 Å². The SMILES string of the molecule is CC(C)c1ccc(C(=O)Nc2cc(CC(=O)O)ccc2NC(=O)c2cccc(C(=N)N)c2)cc1. The van der Waals surface area contributed by atoms with Crippen LogP contribution < -0.4 is 16.4 Å². The third kappa shape index (κ3) is 6.07. The van der Waals surface area contributed by atoms with Crippen LogP contribution in [-0.4, -0.2) is 28.7 Å². The number of nitrogens with two attached hydrogens (primary N) is 1. The molecule has 0 aliphatic heterocycles. The largest absolute Gasteiger partial charge is 0.481 e. The maximum absolute atomic E-state index is 12.9. The highest BCUT2D eigenvalue weighted by Gasteiger charge is 2.15. The number of amidine groups is 1. The molecule has 6 N–H and O–H groups in total. The van der Waals surface area contributed by atoms with E-state index in [9.17, 15) is 14.4 Å². The quantitative estimate of drug-likeness (QED) is 0.253. The first-order chi connectivity index (χ1) is 16.1. The summed E-state index contributed by atoms with van der Waals surface area (Å²) in [6, 6.07) is 18.1. The predicted octanol–water partition coefficient (Wildman–Crippen LogP) is 4.23. The van der Waals surface area contributed by atoms with E-state index >= 15 is 0 Å². The molecule has 0 radical (unpaired) electrons. The van der Waals surface area contributed by atoms with Gasteiger partial charge in [0, 0.05) is 16.7 Å². The van der Waals surface area contributed by atoms with E-state index in [1.165, 1.54) is 12.1 Å². The number of rotatable bonds is 8. The molecule has 8 heteroatoms. The summed E-state index contributed by atoms with van der Waals surface area (Å²) in [6.45, 7) is 4.12. The van der Waals surface area contributed by atoms with E-state index in [1.807, 2.05) is 12.1 Å². The van der Waals surface area contributed by atoms with Crippen molar-refractivity contribution in [3.8, 4) is 0 Å². The summed E-state index contributed by atoms with van der Waals surface area (Å²) in [7, 11) is 0. The Morgan fingerprint density at radius 2 is 1.47 bits per heavy atom. The van der Waals surface area contributed by atoms with E-state index in [2.05, 4.69) is 24.5 Å². The number of carboxylic acid groups (broad SMARTS) is 1. The maximum Gasteiger partial charge on any atom is 0.307 e. The number of amides is 2.